The number of anilines is 2. The van der Waals surface area contributed by atoms with E-state index in [1.165, 1.54) is 6.42 Å². The fourth-order valence-electron chi connectivity index (χ4n) is 1.17. The zero-order valence-corrected chi connectivity index (χ0v) is 6.99. The molecule has 2 atom stereocenters. The van der Waals surface area contributed by atoms with E-state index in [1.54, 1.807) is 6.20 Å². The lowest BCUT2D eigenvalue weighted by Gasteiger charge is -2.02. The monoisotopic (exact) mass is 164 g/mol. The van der Waals surface area contributed by atoms with Gasteiger partial charge in [-0.25, -0.2) is 4.98 Å². The molecule has 0 amide bonds. The molecule has 0 aromatic carbocycles. The average molecular weight is 164 g/mol. The van der Waals surface area contributed by atoms with Gasteiger partial charge in [-0.1, -0.05) is 6.92 Å². The smallest absolute Gasteiger partial charge is 0.221 e. The lowest BCUT2D eigenvalue weighted by atomic mass is 10.4. The van der Waals surface area contributed by atoms with Gasteiger partial charge in [-0.05, 0) is 18.4 Å². The van der Waals surface area contributed by atoms with E-state index < -0.39 is 0 Å². The summed E-state index contributed by atoms with van der Waals surface area (Å²) >= 11 is 0. The van der Waals surface area contributed by atoms with Crippen LogP contribution in [0.25, 0.3) is 0 Å². The minimum Gasteiger partial charge on any atom is -0.368 e. The van der Waals surface area contributed by atoms with Gasteiger partial charge in [0.05, 0.1) is 0 Å². The molecule has 0 bridgehead atoms. The van der Waals surface area contributed by atoms with E-state index >= 15 is 0 Å². The quantitative estimate of drug-likeness (QED) is 0.681. The number of hydrogen-bond donors (Lipinski definition) is 2. The first-order valence-corrected chi connectivity index (χ1v) is 4.11. The second-order valence-electron chi connectivity index (χ2n) is 3.26. The third kappa shape index (κ3) is 1.47. The summed E-state index contributed by atoms with van der Waals surface area (Å²) in [5.41, 5.74) is 5.43. The number of hydrogen-bond acceptors (Lipinski definition) is 4. The molecule has 1 aromatic rings. The van der Waals surface area contributed by atoms with Gasteiger partial charge in [-0.15, -0.1) is 0 Å². The minimum absolute atomic E-state index is 0.327. The SMILES string of the molecule is CC1CC1Nc1ccnc(N)n1. The first kappa shape index (κ1) is 7.34. The lowest BCUT2D eigenvalue weighted by Crippen LogP contribution is -2.06. The third-order valence-corrected chi connectivity index (χ3v) is 2.12. The Labute approximate surface area is 71.2 Å². The molecule has 1 fully saturated rings. The average Bonchev–Trinajstić information content (AvgIpc) is 2.66. The zero-order chi connectivity index (χ0) is 8.55. The normalized spacial score (nSPS) is 26.8. The van der Waals surface area contributed by atoms with Crippen LogP contribution in [0.1, 0.15) is 13.3 Å². The molecule has 1 saturated carbocycles. The number of nitrogens with one attached hydrogen (secondary N) is 1. The van der Waals surface area contributed by atoms with Crippen molar-refractivity contribution in [2.45, 2.75) is 19.4 Å². The molecule has 1 aromatic heterocycles. The van der Waals surface area contributed by atoms with E-state index in [0.29, 0.717) is 12.0 Å². The summed E-state index contributed by atoms with van der Waals surface area (Å²) < 4.78 is 0. The topological polar surface area (TPSA) is 63.8 Å². The summed E-state index contributed by atoms with van der Waals surface area (Å²) in [4.78, 5) is 7.86. The van der Waals surface area contributed by atoms with Crippen LogP contribution >= 0.6 is 0 Å². The number of nitrogens with zero attached hydrogens (tertiary/aromatic N) is 2. The fraction of sp³-hybridized carbons (Fsp3) is 0.500. The van der Waals surface area contributed by atoms with Crippen molar-refractivity contribution in [3.63, 3.8) is 0 Å². The number of rotatable bonds is 2. The molecule has 1 aliphatic rings. The van der Waals surface area contributed by atoms with Crippen LogP contribution < -0.4 is 11.1 Å². The highest BCUT2D eigenvalue weighted by molar-refractivity contribution is 5.39. The second-order valence-corrected chi connectivity index (χ2v) is 3.26. The first-order chi connectivity index (χ1) is 5.75. The van der Waals surface area contributed by atoms with E-state index in [0.717, 1.165) is 11.7 Å². The maximum Gasteiger partial charge on any atom is 0.221 e. The molecule has 0 spiro atoms. The summed E-state index contributed by atoms with van der Waals surface area (Å²) in [6.45, 7) is 2.21. The lowest BCUT2D eigenvalue weighted by molar-refractivity contribution is 0.922. The Morgan fingerprint density at radius 3 is 3.00 bits per heavy atom. The molecule has 0 saturated heterocycles. The third-order valence-electron chi connectivity index (χ3n) is 2.12. The van der Waals surface area contributed by atoms with Gasteiger partial charge in [0.2, 0.25) is 5.95 Å². The Morgan fingerprint density at radius 1 is 1.67 bits per heavy atom. The van der Waals surface area contributed by atoms with Crippen LogP contribution in [0.2, 0.25) is 0 Å². The highest BCUT2D eigenvalue weighted by Crippen LogP contribution is 2.31. The molecule has 0 radical (unpaired) electrons. The maximum absolute atomic E-state index is 5.43. The van der Waals surface area contributed by atoms with Crippen LogP contribution in [0.15, 0.2) is 12.3 Å². The molecule has 12 heavy (non-hydrogen) atoms. The van der Waals surface area contributed by atoms with Crippen molar-refractivity contribution >= 4 is 11.8 Å². The van der Waals surface area contributed by atoms with Crippen molar-refractivity contribution in [2.24, 2.45) is 5.92 Å². The minimum atomic E-state index is 0.327. The van der Waals surface area contributed by atoms with Gasteiger partial charge in [0.1, 0.15) is 5.82 Å². The zero-order valence-electron chi connectivity index (χ0n) is 6.99. The Hall–Kier alpha value is -1.32. The van der Waals surface area contributed by atoms with Gasteiger partial charge < -0.3 is 11.1 Å². The van der Waals surface area contributed by atoms with E-state index in [2.05, 4.69) is 22.2 Å². The van der Waals surface area contributed by atoms with Crippen LogP contribution in [0.5, 0.6) is 0 Å². The Kier molecular flexibility index (Phi) is 1.60. The van der Waals surface area contributed by atoms with Crippen molar-refractivity contribution in [2.75, 3.05) is 11.1 Å². The van der Waals surface area contributed by atoms with E-state index in [9.17, 15) is 0 Å². The van der Waals surface area contributed by atoms with E-state index in [4.69, 9.17) is 5.73 Å². The first-order valence-electron chi connectivity index (χ1n) is 4.11. The summed E-state index contributed by atoms with van der Waals surface area (Å²) in [5, 5.41) is 3.28. The van der Waals surface area contributed by atoms with Crippen LogP contribution in [-0.2, 0) is 0 Å². The highest BCUT2D eigenvalue weighted by atomic mass is 15.1. The number of aromatic nitrogens is 2. The maximum atomic E-state index is 5.43. The molecule has 2 rings (SSSR count). The van der Waals surface area contributed by atoms with Crippen LogP contribution in [0.3, 0.4) is 0 Å². The van der Waals surface area contributed by atoms with Crippen molar-refractivity contribution in [3.05, 3.63) is 12.3 Å². The van der Waals surface area contributed by atoms with Crippen molar-refractivity contribution < 1.29 is 0 Å². The van der Waals surface area contributed by atoms with Crippen LogP contribution in [-0.4, -0.2) is 16.0 Å². The molecule has 0 aliphatic heterocycles. The standard InChI is InChI=1S/C8H12N4/c1-5-4-6(5)11-7-2-3-10-8(9)12-7/h2-3,5-6H,4H2,1H3,(H3,9,10,11,12). The van der Waals surface area contributed by atoms with Crippen molar-refractivity contribution in [3.8, 4) is 0 Å². The molecular formula is C8H12N4. The van der Waals surface area contributed by atoms with Gasteiger partial charge in [-0.3, -0.25) is 0 Å². The largest absolute Gasteiger partial charge is 0.368 e. The van der Waals surface area contributed by atoms with Crippen LogP contribution in [0, 0.1) is 5.92 Å². The molecule has 1 aliphatic carbocycles. The van der Waals surface area contributed by atoms with E-state index in [1.807, 2.05) is 6.07 Å². The molecule has 3 N–H and O–H groups in total. The van der Waals surface area contributed by atoms with Gasteiger partial charge >= 0.3 is 0 Å². The summed E-state index contributed by atoms with van der Waals surface area (Å²) in [6.07, 6.45) is 2.89. The molecule has 4 nitrogen and oxygen atoms in total. The van der Waals surface area contributed by atoms with Gasteiger partial charge in [0.25, 0.3) is 0 Å². The molecule has 4 heteroatoms. The van der Waals surface area contributed by atoms with Gasteiger partial charge in [-0.2, -0.15) is 4.98 Å². The van der Waals surface area contributed by atoms with Gasteiger partial charge in [0, 0.05) is 12.2 Å². The molecule has 2 unspecified atom stereocenters. The predicted molar refractivity (Wildman–Crippen MR) is 47.6 cm³/mol. The van der Waals surface area contributed by atoms with Gasteiger partial charge in [0.15, 0.2) is 0 Å². The van der Waals surface area contributed by atoms with E-state index in [-0.39, 0.29) is 0 Å². The van der Waals surface area contributed by atoms with Crippen molar-refractivity contribution in [1.29, 1.82) is 0 Å². The summed E-state index contributed by atoms with van der Waals surface area (Å²) in [7, 11) is 0. The molecule has 1 heterocycles. The Balaban J connectivity index is 2.03. The Bertz CT molecular complexity index is 286. The summed E-state index contributed by atoms with van der Waals surface area (Å²) in [5.74, 6) is 1.92. The predicted octanol–water partition coefficient (Wildman–Crippen LogP) is 0.879. The number of nitrogens with two attached hydrogens (primary N) is 1. The molecule has 64 valence electrons. The van der Waals surface area contributed by atoms with Crippen molar-refractivity contribution in [1.82, 2.24) is 9.97 Å². The fourth-order valence-corrected chi connectivity index (χ4v) is 1.17. The van der Waals surface area contributed by atoms with Crippen LogP contribution in [0.4, 0.5) is 11.8 Å². The molecular weight excluding hydrogens is 152 g/mol. The summed E-state index contributed by atoms with van der Waals surface area (Å²) in [6, 6.07) is 2.42. The Morgan fingerprint density at radius 2 is 2.42 bits per heavy atom. The second kappa shape index (κ2) is 2.62. The number of nitrogen functional groups attached to an aromatic ring is 1. The highest BCUT2D eigenvalue weighted by Gasteiger charge is 2.32.